The van der Waals surface area contributed by atoms with Crippen molar-refractivity contribution in [2.45, 2.75) is 38.0 Å². The van der Waals surface area contributed by atoms with Gasteiger partial charge in [0.15, 0.2) is 5.78 Å². The van der Waals surface area contributed by atoms with Crippen LogP contribution in [0.25, 0.3) is 0 Å². The quantitative estimate of drug-likeness (QED) is 0.759. The third kappa shape index (κ3) is 3.09. The van der Waals surface area contributed by atoms with E-state index in [1.165, 1.54) is 37.7 Å². The molecule has 3 rings (SSSR count). The second-order valence-corrected chi connectivity index (χ2v) is 5.98. The van der Waals surface area contributed by atoms with Gasteiger partial charge < -0.3 is 0 Å². The molecule has 1 fully saturated rings. The number of carbonyl (C=O) groups is 1. The van der Waals surface area contributed by atoms with Crippen molar-refractivity contribution in [2.75, 3.05) is 0 Å². The number of rotatable bonds is 3. The molecule has 1 aliphatic rings. The van der Waals surface area contributed by atoms with Gasteiger partial charge in [0.1, 0.15) is 0 Å². The number of nitriles is 1. The topological polar surface area (TPSA) is 40.9 Å². The fourth-order valence-corrected chi connectivity index (χ4v) is 3.24. The summed E-state index contributed by atoms with van der Waals surface area (Å²) in [7, 11) is 0. The van der Waals surface area contributed by atoms with Gasteiger partial charge in [0.05, 0.1) is 11.6 Å². The van der Waals surface area contributed by atoms with Gasteiger partial charge in [-0.15, -0.1) is 0 Å². The molecule has 0 saturated heterocycles. The number of hydrogen-bond acceptors (Lipinski definition) is 2. The number of carbonyl (C=O) groups excluding carboxylic acids is 1. The molecule has 0 aliphatic heterocycles. The van der Waals surface area contributed by atoms with Gasteiger partial charge in [-0.3, -0.25) is 4.79 Å². The molecule has 2 heteroatoms. The van der Waals surface area contributed by atoms with Gasteiger partial charge in [-0.2, -0.15) is 5.26 Å². The smallest absolute Gasteiger partial charge is 0.193 e. The summed E-state index contributed by atoms with van der Waals surface area (Å²) in [5.74, 6) is 0.632. The van der Waals surface area contributed by atoms with Crippen molar-refractivity contribution < 1.29 is 4.79 Å². The van der Waals surface area contributed by atoms with Crippen LogP contribution in [-0.2, 0) is 0 Å². The Kier molecular flexibility index (Phi) is 4.34. The fraction of sp³-hybridized carbons (Fsp3) is 0.300. The van der Waals surface area contributed by atoms with E-state index in [0.717, 1.165) is 0 Å². The predicted octanol–water partition coefficient (Wildman–Crippen LogP) is 4.84. The van der Waals surface area contributed by atoms with Crippen LogP contribution in [0.5, 0.6) is 0 Å². The number of hydrogen-bond donors (Lipinski definition) is 0. The number of benzene rings is 2. The lowest BCUT2D eigenvalue weighted by Gasteiger charge is -2.22. The minimum atomic E-state index is -0.0210. The van der Waals surface area contributed by atoms with Gasteiger partial charge in [0.25, 0.3) is 0 Å². The Morgan fingerprint density at radius 2 is 1.68 bits per heavy atom. The maximum atomic E-state index is 12.5. The first-order valence-electron chi connectivity index (χ1n) is 7.93. The summed E-state index contributed by atoms with van der Waals surface area (Å²) in [6.45, 7) is 0. The lowest BCUT2D eigenvalue weighted by atomic mass is 9.83. The highest BCUT2D eigenvalue weighted by atomic mass is 16.1. The average molecular weight is 289 g/mol. The van der Waals surface area contributed by atoms with Gasteiger partial charge in [0.2, 0.25) is 0 Å². The summed E-state index contributed by atoms with van der Waals surface area (Å²) in [5.41, 5.74) is 3.13. The normalized spacial score (nSPS) is 15.2. The standard InChI is InChI=1S/C20H19NO/c21-14-15-5-4-8-19(13-15)20(22)18-11-9-17(10-12-18)16-6-2-1-3-7-16/h4-5,8-13,16H,1-3,6-7H2. The SMILES string of the molecule is N#Cc1cccc(C(=O)c2ccc(C3CCCCC3)cc2)c1. The molecule has 1 aliphatic carbocycles. The van der Waals surface area contributed by atoms with Crippen LogP contribution >= 0.6 is 0 Å². The summed E-state index contributed by atoms with van der Waals surface area (Å²) < 4.78 is 0. The van der Waals surface area contributed by atoms with E-state index in [4.69, 9.17) is 5.26 Å². The van der Waals surface area contributed by atoms with E-state index in [1.807, 2.05) is 12.1 Å². The molecular formula is C20H19NO. The van der Waals surface area contributed by atoms with Crippen LogP contribution in [0.2, 0.25) is 0 Å². The van der Waals surface area contributed by atoms with E-state index < -0.39 is 0 Å². The first-order valence-corrected chi connectivity index (χ1v) is 7.93. The Balaban J connectivity index is 1.79. The Labute approximate surface area is 131 Å². The molecule has 0 bridgehead atoms. The monoisotopic (exact) mass is 289 g/mol. The van der Waals surface area contributed by atoms with Crippen LogP contribution in [0.3, 0.4) is 0 Å². The first-order chi connectivity index (χ1) is 10.8. The van der Waals surface area contributed by atoms with Gasteiger partial charge in [-0.1, -0.05) is 55.7 Å². The fourth-order valence-electron chi connectivity index (χ4n) is 3.24. The van der Waals surface area contributed by atoms with Crippen LogP contribution in [0.1, 0.15) is 65.1 Å². The van der Waals surface area contributed by atoms with Crippen LogP contribution in [0.4, 0.5) is 0 Å². The van der Waals surface area contributed by atoms with Crippen molar-refractivity contribution in [1.29, 1.82) is 5.26 Å². The summed E-state index contributed by atoms with van der Waals surface area (Å²) in [4.78, 5) is 12.5. The molecule has 0 N–H and O–H groups in total. The van der Waals surface area contributed by atoms with Crippen molar-refractivity contribution in [3.05, 3.63) is 70.8 Å². The third-order valence-corrected chi connectivity index (χ3v) is 4.50. The number of ketones is 1. The Morgan fingerprint density at radius 3 is 2.36 bits per heavy atom. The molecule has 110 valence electrons. The lowest BCUT2D eigenvalue weighted by molar-refractivity contribution is 0.103. The summed E-state index contributed by atoms with van der Waals surface area (Å²) in [6, 6.07) is 17.0. The van der Waals surface area contributed by atoms with Gasteiger partial charge >= 0.3 is 0 Å². The third-order valence-electron chi connectivity index (χ3n) is 4.50. The molecule has 0 amide bonds. The molecule has 2 aromatic carbocycles. The molecule has 2 aromatic rings. The summed E-state index contributed by atoms with van der Waals surface area (Å²) >= 11 is 0. The Morgan fingerprint density at radius 1 is 0.955 bits per heavy atom. The van der Waals surface area contributed by atoms with E-state index in [-0.39, 0.29) is 5.78 Å². The van der Waals surface area contributed by atoms with Crippen molar-refractivity contribution in [3.63, 3.8) is 0 Å². The summed E-state index contributed by atoms with van der Waals surface area (Å²) in [5, 5.41) is 8.93. The largest absolute Gasteiger partial charge is 0.289 e. The Bertz CT molecular complexity index is 703. The molecule has 22 heavy (non-hydrogen) atoms. The maximum absolute atomic E-state index is 12.5. The zero-order valence-corrected chi connectivity index (χ0v) is 12.6. The molecule has 0 aromatic heterocycles. The van der Waals surface area contributed by atoms with E-state index in [1.54, 1.807) is 24.3 Å². The second kappa shape index (κ2) is 6.58. The molecule has 0 heterocycles. The summed E-state index contributed by atoms with van der Waals surface area (Å²) in [6.07, 6.45) is 6.50. The molecule has 0 unspecified atom stereocenters. The second-order valence-electron chi connectivity index (χ2n) is 5.98. The van der Waals surface area contributed by atoms with Gasteiger partial charge in [-0.25, -0.2) is 0 Å². The van der Waals surface area contributed by atoms with Crippen molar-refractivity contribution in [3.8, 4) is 6.07 Å². The van der Waals surface area contributed by atoms with Gasteiger partial charge in [-0.05, 0) is 36.5 Å². The highest BCUT2D eigenvalue weighted by Crippen LogP contribution is 2.32. The molecular weight excluding hydrogens is 270 g/mol. The van der Waals surface area contributed by atoms with Crippen molar-refractivity contribution in [1.82, 2.24) is 0 Å². The first kappa shape index (κ1) is 14.5. The molecule has 0 spiro atoms. The highest BCUT2D eigenvalue weighted by Gasteiger charge is 2.16. The zero-order chi connectivity index (χ0) is 15.4. The van der Waals surface area contributed by atoms with Crippen LogP contribution in [0, 0.1) is 11.3 Å². The van der Waals surface area contributed by atoms with E-state index >= 15 is 0 Å². The molecule has 0 atom stereocenters. The van der Waals surface area contributed by atoms with Crippen LogP contribution < -0.4 is 0 Å². The van der Waals surface area contributed by atoms with Crippen LogP contribution in [0.15, 0.2) is 48.5 Å². The molecule has 1 saturated carbocycles. The average Bonchev–Trinajstić information content (AvgIpc) is 2.62. The van der Waals surface area contributed by atoms with Crippen LogP contribution in [-0.4, -0.2) is 5.78 Å². The lowest BCUT2D eigenvalue weighted by Crippen LogP contribution is -2.06. The van der Waals surface area contributed by atoms with Gasteiger partial charge in [0, 0.05) is 11.1 Å². The highest BCUT2D eigenvalue weighted by molar-refractivity contribution is 6.09. The minimum absolute atomic E-state index is 0.0210. The minimum Gasteiger partial charge on any atom is -0.289 e. The van der Waals surface area contributed by atoms with Crippen molar-refractivity contribution >= 4 is 5.78 Å². The van der Waals surface area contributed by atoms with E-state index in [2.05, 4.69) is 18.2 Å². The van der Waals surface area contributed by atoms with E-state index in [9.17, 15) is 4.79 Å². The number of nitrogens with zero attached hydrogens (tertiary/aromatic N) is 1. The predicted molar refractivity (Wildman–Crippen MR) is 86.9 cm³/mol. The molecule has 2 nitrogen and oxygen atoms in total. The van der Waals surface area contributed by atoms with E-state index in [0.29, 0.717) is 22.6 Å². The van der Waals surface area contributed by atoms with Crippen molar-refractivity contribution in [2.24, 2.45) is 0 Å². The zero-order valence-electron chi connectivity index (χ0n) is 12.6. The maximum Gasteiger partial charge on any atom is 0.193 e. The Hall–Kier alpha value is -2.40. The molecule has 0 radical (unpaired) electrons.